The minimum absolute atomic E-state index is 0.534. The number of halogens is 2. The van der Waals surface area contributed by atoms with Crippen LogP contribution in [0.4, 0.5) is 0 Å². The minimum atomic E-state index is 0.534. The van der Waals surface area contributed by atoms with E-state index in [1.807, 2.05) is 18.2 Å². The zero-order valence-electron chi connectivity index (χ0n) is 11.3. The summed E-state index contributed by atoms with van der Waals surface area (Å²) in [5.41, 5.74) is 1.98. The molecule has 1 aromatic carbocycles. The molecule has 1 aliphatic rings. The van der Waals surface area contributed by atoms with Crippen LogP contribution in [0.2, 0.25) is 5.02 Å². The maximum absolute atomic E-state index is 6.37. The highest BCUT2D eigenvalue weighted by atomic mass is 35.5. The van der Waals surface area contributed by atoms with Crippen LogP contribution < -0.4 is 0 Å². The molecule has 0 bridgehead atoms. The summed E-state index contributed by atoms with van der Waals surface area (Å²) in [4.78, 5) is 4.68. The van der Waals surface area contributed by atoms with Crippen molar-refractivity contribution >= 4 is 34.2 Å². The fraction of sp³-hybridized carbons (Fsp3) is 0.533. The molecule has 1 aliphatic heterocycles. The van der Waals surface area contributed by atoms with Gasteiger partial charge in [0.05, 0.1) is 22.7 Å². The van der Waals surface area contributed by atoms with E-state index in [0.29, 0.717) is 11.8 Å². The van der Waals surface area contributed by atoms with E-state index < -0.39 is 0 Å². The number of imidazole rings is 1. The summed E-state index contributed by atoms with van der Waals surface area (Å²) >= 11 is 12.3. The van der Waals surface area contributed by atoms with Crippen molar-refractivity contribution in [1.29, 1.82) is 0 Å². The van der Waals surface area contributed by atoms with E-state index in [1.54, 1.807) is 0 Å². The normalized spacial score (nSPS) is 19.6. The molecule has 3 nitrogen and oxygen atoms in total. The predicted molar refractivity (Wildman–Crippen MR) is 82.7 cm³/mol. The van der Waals surface area contributed by atoms with Gasteiger partial charge in [-0.05, 0) is 25.0 Å². The first-order chi connectivity index (χ1) is 9.79. The van der Waals surface area contributed by atoms with E-state index >= 15 is 0 Å². The van der Waals surface area contributed by atoms with Crippen LogP contribution in [0.15, 0.2) is 18.2 Å². The fourth-order valence-electron chi connectivity index (χ4n) is 2.87. The first kappa shape index (κ1) is 14.2. The Kier molecular flexibility index (Phi) is 4.49. The molecule has 0 radical (unpaired) electrons. The van der Waals surface area contributed by atoms with Crippen LogP contribution in [-0.2, 0) is 17.7 Å². The van der Waals surface area contributed by atoms with Gasteiger partial charge in [-0.3, -0.25) is 0 Å². The number of hydrogen-bond acceptors (Lipinski definition) is 2. The lowest BCUT2D eigenvalue weighted by molar-refractivity contribution is 0.0485. The van der Waals surface area contributed by atoms with Gasteiger partial charge in [-0.25, -0.2) is 4.98 Å². The van der Waals surface area contributed by atoms with Gasteiger partial charge in [-0.15, -0.1) is 11.6 Å². The van der Waals surface area contributed by atoms with E-state index in [4.69, 9.17) is 27.9 Å². The van der Waals surface area contributed by atoms with E-state index in [2.05, 4.69) is 9.55 Å². The van der Waals surface area contributed by atoms with Crippen LogP contribution in [0.1, 0.15) is 18.7 Å². The van der Waals surface area contributed by atoms with Crippen LogP contribution in [0, 0.1) is 5.92 Å². The van der Waals surface area contributed by atoms with Crippen molar-refractivity contribution in [2.45, 2.75) is 25.8 Å². The molecule has 3 rings (SSSR count). The molecule has 2 heterocycles. The first-order valence-corrected chi connectivity index (χ1v) is 7.98. The van der Waals surface area contributed by atoms with Crippen LogP contribution in [0.3, 0.4) is 0 Å². The SMILES string of the molecule is ClCCc1nc2cccc(Cl)c2n1CC1CCCOC1. The molecule has 1 fully saturated rings. The molecule has 0 N–H and O–H groups in total. The average molecular weight is 313 g/mol. The lowest BCUT2D eigenvalue weighted by Gasteiger charge is -2.23. The van der Waals surface area contributed by atoms with E-state index in [0.717, 1.165) is 54.5 Å². The molecule has 20 heavy (non-hydrogen) atoms. The van der Waals surface area contributed by atoms with Crippen LogP contribution >= 0.6 is 23.2 Å². The standard InChI is InChI=1S/C15H18Cl2N2O/c16-7-6-14-18-13-5-1-4-12(17)15(13)19(14)9-11-3-2-8-20-10-11/h1,4-5,11H,2-3,6-10H2. The number of alkyl halides is 1. The fourth-order valence-corrected chi connectivity index (χ4v) is 3.31. The Morgan fingerprint density at radius 2 is 2.30 bits per heavy atom. The van der Waals surface area contributed by atoms with E-state index in [-0.39, 0.29) is 0 Å². The molecule has 1 atom stereocenters. The first-order valence-electron chi connectivity index (χ1n) is 7.07. The van der Waals surface area contributed by atoms with Gasteiger partial charge >= 0.3 is 0 Å². The number of hydrogen-bond donors (Lipinski definition) is 0. The Balaban J connectivity index is 1.98. The third kappa shape index (κ3) is 2.80. The van der Waals surface area contributed by atoms with Crippen molar-refractivity contribution in [3.8, 4) is 0 Å². The van der Waals surface area contributed by atoms with Crippen molar-refractivity contribution < 1.29 is 4.74 Å². The lowest BCUT2D eigenvalue weighted by Crippen LogP contribution is -2.23. The lowest BCUT2D eigenvalue weighted by atomic mass is 10.0. The van der Waals surface area contributed by atoms with Gasteiger partial charge in [0.25, 0.3) is 0 Å². The minimum Gasteiger partial charge on any atom is -0.381 e. The molecule has 0 aliphatic carbocycles. The second-order valence-electron chi connectivity index (χ2n) is 5.27. The third-order valence-corrected chi connectivity index (χ3v) is 4.30. The highest BCUT2D eigenvalue weighted by Crippen LogP contribution is 2.27. The number of aryl methyl sites for hydroxylation is 1. The summed E-state index contributed by atoms with van der Waals surface area (Å²) in [6.07, 6.45) is 3.10. The predicted octanol–water partition coefficient (Wildman–Crippen LogP) is 3.90. The summed E-state index contributed by atoms with van der Waals surface area (Å²) in [5.74, 6) is 2.13. The van der Waals surface area contributed by atoms with Crippen molar-refractivity contribution in [1.82, 2.24) is 9.55 Å². The Bertz CT molecular complexity index is 591. The summed E-state index contributed by atoms with van der Waals surface area (Å²) in [6, 6.07) is 5.87. The number of rotatable bonds is 4. The molecule has 5 heteroatoms. The zero-order chi connectivity index (χ0) is 13.9. The Hall–Kier alpha value is -0.770. The topological polar surface area (TPSA) is 27.1 Å². The second-order valence-corrected chi connectivity index (χ2v) is 6.05. The Morgan fingerprint density at radius 3 is 3.05 bits per heavy atom. The van der Waals surface area contributed by atoms with Gasteiger partial charge in [0.2, 0.25) is 0 Å². The quantitative estimate of drug-likeness (QED) is 0.801. The van der Waals surface area contributed by atoms with Crippen LogP contribution in [0.25, 0.3) is 11.0 Å². The van der Waals surface area contributed by atoms with Crippen molar-refractivity contribution in [2.24, 2.45) is 5.92 Å². The monoisotopic (exact) mass is 312 g/mol. The van der Waals surface area contributed by atoms with Gasteiger partial charge in [0.1, 0.15) is 5.82 Å². The molecule has 1 unspecified atom stereocenters. The maximum Gasteiger partial charge on any atom is 0.111 e. The summed E-state index contributed by atoms with van der Waals surface area (Å²) in [6.45, 7) is 2.62. The zero-order valence-corrected chi connectivity index (χ0v) is 12.8. The van der Waals surface area contributed by atoms with Gasteiger partial charge in [0, 0.05) is 31.4 Å². The molecule has 0 spiro atoms. The van der Waals surface area contributed by atoms with E-state index in [1.165, 1.54) is 6.42 Å². The third-order valence-electron chi connectivity index (χ3n) is 3.81. The smallest absolute Gasteiger partial charge is 0.111 e. The molecule has 0 saturated carbocycles. The summed E-state index contributed by atoms with van der Waals surface area (Å²) in [5, 5.41) is 0.757. The van der Waals surface area contributed by atoms with Crippen molar-refractivity contribution in [3.63, 3.8) is 0 Å². The maximum atomic E-state index is 6.37. The van der Waals surface area contributed by atoms with Gasteiger partial charge in [0.15, 0.2) is 0 Å². The molecule has 1 saturated heterocycles. The number of para-hydroxylation sites is 1. The number of fused-ring (bicyclic) bond motifs is 1. The number of ether oxygens (including phenoxy) is 1. The number of benzene rings is 1. The van der Waals surface area contributed by atoms with Gasteiger partial charge < -0.3 is 9.30 Å². The molecule has 0 amide bonds. The highest BCUT2D eigenvalue weighted by molar-refractivity contribution is 6.35. The van der Waals surface area contributed by atoms with Gasteiger partial charge in [-0.2, -0.15) is 0 Å². The number of aromatic nitrogens is 2. The van der Waals surface area contributed by atoms with Gasteiger partial charge in [-0.1, -0.05) is 17.7 Å². The molecular formula is C15H18Cl2N2O. The van der Waals surface area contributed by atoms with E-state index in [9.17, 15) is 0 Å². The van der Waals surface area contributed by atoms with Crippen LogP contribution in [-0.4, -0.2) is 28.6 Å². The summed E-state index contributed by atoms with van der Waals surface area (Å²) in [7, 11) is 0. The molecule has 1 aromatic heterocycles. The van der Waals surface area contributed by atoms with Crippen molar-refractivity contribution in [2.75, 3.05) is 19.1 Å². The average Bonchev–Trinajstić information content (AvgIpc) is 2.80. The van der Waals surface area contributed by atoms with Crippen LogP contribution in [0.5, 0.6) is 0 Å². The van der Waals surface area contributed by atoms with Crippen molar-refractivity contribution in [3.05, 3.63) is 29.0 Å². The molecule has 2 aromatic rings. The Morgan fingerprint density at radius 1 is 1.40 bits per heavy atom. The highest BCUT2D eigenvalue weighted by Gasteiger charge is 2.19. The number of nitrogens with zero attached hydrogens (tertiary/aromatic N) is 2. The Labute approximate surface area is 128 Å². The summed E-state index contributed by atoms with van der Waals surface area (Å²) < 4.78 is 7.82. The molecule has 108 valence electrons. The molecular weight excluding hydrogens is 295 g/mol. The second kappa shape index (κ2) is 6.33. The largest absolute Gasteiger partial charge is 0.381 e.